The predicted molar refractivity (Wildman–Crippen MR) is 89.3 cm³/mol. The molecule has 0 spiro atoms. The Balaban J connectivity index is 1.73. The molecule has 1 heterocycles. The number of aryl methyl sites for hydroxylation is 1. The van der Waals surface area contributed by atoms with Crippen molar-refractivity contribution in [1.29, 1.82) is 0 Å². The van der Waals surface area contributed by atoms with E-state index in [0.29, 0.717) is 5.75 Å². The van der Waals surface area contributed by atoms with E-state index in [9.17, 15) is 4.79 Å². The Hall–Kier alpha value is -1.65. The lowest BCUT2D eigenvalue weighted by atomic mass is 10.1. The van der Waals surface area contributed by atoms with E-state index < -0.39 is 0 Å². The fourth-order valence-corrected chi connectivity index (χ4v) is 3.26. The van der Waals surface area contributed by atoms with Crippen LogP contribution in [0, 0.1) is 6.92 Å². The van der Waals surface area contributed by atoms with E-state index in [4.69, 9.17) is 11.6 Å². The van der Waals surface area contributed by atoms with Gasteiger partial charge in [0.05, 0.1) is 11.4 Å². The first-order valence-electron chi connectivity index (χ1n) is 6.67. The topological polar surface area (TPSA) is 41.1 Å². The number of amides is 1. The number of halogens is 1. The molecule has 5 heteroatoms. The van der Waals surface area contributed by atoms with Gasteiger partial charge < -0.3 is 10.6 Å². The fourth-order valence-electron chi connectivity index (χ4n) is 2.25. The van der Waals surface area contributed by atoms with Crippen LogP contribution in [0.15, 0.2) is 41.3 Å². The Morgan fingerprint density at radius 2 is 2.14 bits per heavy atom. The van der Waals surface area contributed by atoms with Crippen molar-refractivity contribution in [1.82, 2.24) is 0 Å². The summed E-state index contributed by atoms with van der Waals surface area (Å²) < 4.78 is 0. The molecule has 2 aromatic rings. The van der Waals surface area contributed by atoms with Gasteiger partial charge in [-0.1, -0.05) is 17.7 Å². The summed E-state index contributed by atoms with van der Waals surface area (Å²) in [6.45, 7) is 2.77. The van der Waals surface area contributed by atoms with E-state index >= 15 is 0 Å². The summed E-state index contributed by atoms with van der Waals surface area (Å²) in [7, 11) is 0. The summed E-state index contributed by atoms with van der Waals surface area (Å²) in [4.78, 5) is 12.5. The third-order valence-corrected chi connectivity index (χ3v) is 4.71. The zero-order chi connectivity index (χ0) is 14.8. The van der Waals surface area contributed by atoms with E-state index in [-0.39, 0.29) is 5.91 Å². The second kappa shape index (κ2) is 6.00. The first kappa shape index (κ1) is 14.3. The smallest absolute Gasteiger partial charge is 0.234 e. The number of rotatable bonds is 3. The highest BCUT2D eigenvalue weighted by molar-refractivity contribution is 8.00. The van der Waals surface area contributed by atoms with E-state index in [2.05, 4.69) is 10.6 Å². The lowest BCUT2D eigenvalue weighted by Crippen LogP contribution is -2.18. The van der Waals surface area contributed by atoms with Crippen molar-refractivity contribution < 1.29 is 4.79 Å². The van der Waals surface area contributed by atoms with Gasteiger partial charge in [0.15, 0.2) is 0 Å². The normalized spacial score (nSPS) is 13.5. The zero-order valence-corrected chi connectivity index (χ0v) is 13.1. The van der Waals surface area contributed by atoms with Gasteiger partial charge in [-0.15, -0.1) is 11.8 Å². The van der Waals surface area contributed by atoms with E-state index in [1.165, 1.54) is 5.56 Å². The first-order chi connectivity index (χ1) is 10.1. The lowest BCUT2D eigenvalue weighted by molar-refractivity contribution is -0.113. The quantitative estimate of drug-likeness (QED) is 0.886. The van der Waals surface area contributed by atoms with Gasteiger partial charge in [0.2, 0.25) is 5.91 Å². The number of fused-ring (bicyclic) bond motifs is 1. The van der Waals surface area contributed by atoms with E-state index in [1.54, 1.807) is 11.8 Å². The lowest BCUT2D eigenvalue weighted by Gasteiger charge is -2.18. The SMILES string of the molecule is Cc1cc(Cl)ccc1CNc1ccc2c(c1)NC(=O)CS2. The van der Waals surface area contributed by atoms with Crippen LogP contribution in [0.2, 0.25) is 5.02 Å². The number of benzene rings is 2. The van der Waals surface area contributed by atoms with Crippen LogP contribution in [-0.2, 0) is 11.3 Å². The molecule has 1 aliphatic heterocycles. The Labute approximate surface area is 133 Å². The van der Waals surface area contributed by atoms with Crippen LogP contribution in [-0.4, -0.2) is 11.7 Å². The molecule has 0 atom stereocenters. The van der Waals surface area contributed by atoms with E-state index in [0.717, 1.165) is 33.4 Å². The van der Waals surface area contributed by atoms with Crippen molar-refractivity contribution in [3.05, 3.63) is 52.5 Å². The van der Waals surface area contributed by atoms with Crippen LogP contribution in [0.25, 0.3) is 0 Å². The molecule has 0 unspecified atom stereocenters. The highest BCUT2D eigenvalue weighted by Crippen LogP contribution is 2.33. The zero-order valence-electron chi connectivity index (χ0n) is 11.6. The summed E-state index contributed by atoms with van der Waals surface area (Å²) in [5.74, 6) is 0.544. The molecule has 0 bridgehead atoms. The van der Waals surface area contributed by atoms with Crippen LogP contribution >= 0.6 is 23.4 Å². The largest absolute Gasteiger partial charge is 0.381 e. The van der Waals surface area contributed by atoms with Crippen LogP contribution in [0.3, 0.4) is 0 Å². The monoisotopic (exact) mass is 318 g/mol. The van der Waals surface area contributed by atoms with Crippen molar-refractivity contribution in [2.45, 2.75) is 18.4 Å². The molecular weight excluding hydrogens is 304 g/mol. The average Bonchev–Trinajstić information content (AvgIpc) is 2.46. The van der Waals surface area contributed by atoms with Crippen molar-refractivity contribution >= 4 is 40.6 Å². The molecule has 0 saturated carbocycles. The minimum atomic E-state index is 0.0539. The highest BCUT2D eigenvalue weighted by Gasteiger charge is 2.15. The minimum absolute atomic E-state index is 0.0539. The van der Waals surface area contributed by atoms with Crippen LogP contribution in [0.4, 0.5) is 11.4 Å². The first-order valence-corrected chi connectivity index (χ1v) is 8.04. The summed E-state index contributed by atoms with van der Waals surface area (Å²) in [6, 6.07) is 11.9. The second-order valence-corrected chi connectivity index (χ2v) is 6.43. The standard InChI is InChI=1S/C16H15ClN2OS/c1-10-6-12(17)3-2-11(10)8-18-13-4-5-15-14(7-13)19-16(20)9-21-15/h2-7,18H,8-9H2,1H3,(H,19,20). The molecule has 0 aromatic heterocycles. The number of hydrogen-bond acceptors (Lipinski definition) is 3. The summed E-state index contributed by atoms with van der Waals surface area (Å²) in [6.07, 6.45) is 0. The van der Waals surface area contributed by atoms with Crippen LogP contribution < -0.4 is 10.6 Å². The van der Waals surface area contributed by atoms with Crippen LogP contribution in [0.5, 0.6) is 0 Å². The molecule has 3 rings (SSSR count). The number of carbonyl (C=O) groups excluding carboxylic acids is 1. The van der Waals surface area contributed by atoms with Crippen molar-refractivity contribution in [2.24, 2.45) is 0 Å². The molecule has 0 saturated heterocycles. The highest BCUT2D eigenvalue weighted by atomic mass is 35.5. The van der Waals surface area contributed by atoms with Gasteiger partial charge in [0.25, 0.3) is 0 Å². The number of anilines is 2. The molecule has 2 aromatic carbocycles. The Morgan fingerprint density at radius 3 is 2.95 bits per heavy atom. The summed E-state index contributed by atoms with van der Waals surface area (Å²) in [5, 5.41) is 7.04. The maximum atomic E-state index is 11.4. The number of nitrogens with one attached hydrogen (secondary N) is 2. The van der Waals surface area contributed by atoms with Crippen molar-refractivity contribution in [2.75, 3.05) is 16.4 Å². The summed E-state index contributed by atoms with van der Waals surface area (Å²) in [5.41, 5.74) is 4.24. The molecule has 0 radical (unpaired) electrons. The third kappa shape index (κ3) is 3.34. The third-order valence-electron chi connectivity index (χ3n) is 3.40. The van der Waals surface area contributed by atoms with Gasteiger partial charge >= 0.3 is 0 Å². The molecule has 1 aliphatic rings. The predicted octanol–water partition coefficient (Wildman–Crippen LogP) is 4.30. The van der Waals surface area contributed by atoms with Crippen molar-refractivity contribution in [3.8, 4) is 0 Å². The molecular formula is C16H15ClN2OS. The van der Waals surface area contributed by atoms with Gasteiger partial charge in [-0.05, 0) is 48.4 Å². The Morgan fingerprint density at radius 1 is 1.29 bits per heavy atom. The second-order valence-electron chi connectivity index (χ2n) is 4.97. The van der Waals surface area contributed by atoms with Crippen molar-refractivity contribution in [3.63, 3.8) is 0 Å². The van der Waals surface area contributed by atoms with Crippen LogP contribution in [0.1, 0.15) is 11.1 Å². The molecule has 3 nitrogen and oxygen atoms in total. The van der Waals surface area contributed by atoms with Gasteiger partial charge in [0.1, 0.15) is 0 Å². The molecule has 0 fully saturated rings. The molecule has 21 heavy (non-hydrogen) atoms. The van der Waals surface area contributed by atoms with Gasteiger partial charge in [0, 0.05) is 22.2 Å². The Kier molecular flexibility index (Phi) is 4.08. The summed E-state index contributed by atoms with van der Waals surface area (Å²) >= 11 is 7.53. The minimum Gasteiger partial charge on any atom is -0.381 e. The van der Waals surface area contributed by atoms with E-state index in [1.807, 2.05) is 43.3 Å². The number of carbonyl (C=O) groups is 1. The van der Waals surface area contributed by atoms with Gasteiger partial charge in [-0.3, -0.25) is 4.79 Å². The molecule has 0 aliphatic carbocycles. The maximum absolute atomic E-state index is 11.4. The molecule has 2 N–H and O–H groups in total. The fraction of sp³-hybridized carbons (Fsp3) is 0.188. The number of thioether (sulfide) groups is 1. The maximum Gasteiger partial charge on any atom is 0.234 e. The van der Waals surface area contributed by atoms with Gasteiger partial charge in [-0.25, -0.2) is 0 Å². The number of hydrogen-bond donors (Lipinski definition) is 2. The average molecular weight is 319 g/mol. The molecule has 1 amide bonds. The Bertz CT molecular complexity index is 703. The molecule has 108 valence electrons. The van der Waals surface area contributed by atoms with Gasteiger partial charge in [-0.2, -0.15) is 0 Å².